The van der Waals surface area contributed by atoms with Crippen LogP contribution in [0.4, 0.5) is 0 Å². The highest BCUT2D eigenvalue weighted by Crippen LogP contribution is 2.04. The Morgan fingerprint density at radius 1 is 1.17 bits per heavy atom. The summed E-state index contributed by atoms with van der Waals surface area (Å²) in [7, 11) is 0. The number of hydrogen-bond acceptors (Lipinski definition) is 2. The maximum Gasteiger partial charge on any atom is 0.00103 e. The van der Waals surface area contributed by atoms with Crippen molar-refractivity contribution in [2.45, 2.75) is 46.1 Å². The molecule has 0 aliphatic rings. The Hall–Kier alpha value is 0.310. The van der Waals surface area contributed by atoms with E-state index in [0.29, 0.717) is 6.04 Å². The van der Waals surface area contributed by atoms with Crippen LogP contribution in [0.1, 0.15) is 40.0 Å². The monoisotopic (exact) mass is 189 g/mol. The molecule has 0 rings (SSSR count). The lowest BCUT2D eigenvalue weighted by molar-refractivity contribution is 0.555. The van der Waals surface area contributed by atoms with Crippen LogP contribution in [0.25, 0.3) is 0 Å². The van der Waals surface area contributed by atoms with Gasteiger partial charge in [0.25, 0.3) is 0 Å². The summed E-state index contributed by atoms with van der Waals surface area (Å²) in [5, 5.41) is 3.43. The molecule has 0 saturated heterocycles. The van der Waals surface area contributed by atoms with Crippen molar-refractivity contribution in [2.75, 3.05) is 18.1 Å². The summed E-state index contributed by atoms with van der Waals surface area (Å²) in [6.45, 7) is 7.82. The first kappa shape index (κ1) is 12.3. The van der Waals surface area contributed by atoms with Gasteiger partial charge in [0.15, 0.2) is 0 Å². The van der Waals surface area contributed by atoms with E-state index in [1.165, 1.54) is 37.3 Å². The zero-order valence-electron chi connectivity index (χ0n) is 8.73. The molecule has 0 unspecified atom stereocenters. The van der Waals surface area contributed by atoms with Gasteiger partial charge in [0.05, 0.1) is 0 Å². The molecule has 0 radical (unpaired) electrons. The average molecular weight is 189 g/mol. The average Bonchev–Trinajstić information content (AvgIpc) is 2.02. The van der Waals surface area contributed by atoms with Gasteiger partial charge in [0, 0.05) is 6.04 Å². The quantitative estimate of drug-likeness (QED) is 0.589. The van der Waals surface area contributed by atoms with Crippen molar-refractivity contribution in [3.63, 3.8) is 0 Å². The molecule has 2 heteroatoms. The van der Waals surface area contributed by atoms with Gasteiger partial charge >= 0.3 is 0 Å². The maximum absolute atomic E-state index is 3.43. The van der Waals surface area contributed by atoms with Crippen LogP contribution in [0, 0.1) is 0 Å². The molecule has 0 aromatic carbocycles. The molecule has 0 heterocycles. The Kier molecular flexibility index (Phi) is 9.64. The van der Waals surface area contributed by atoms with Crippen LogP contribution in [0.2, 0.25) is 0 Å². The van der Waals surface area contributed by atoms with Crippen molar-refractivity contribution in [2.24, 2.45) is 0 Å². The minimum Gasteiger partial charge on any atom is -0.315 e. The van der Waals surface area contributed by atoms with Crippen LogP contribution < -0.4 is 5.32 Å². The number of rotatable bonds is 8. The Balaban J connectivity index is 2.82. The van der Waals surface area contributed by atoms with Gasteiger partial charge < -0.3 is 5.32 Å². The van der Waals surface area contributed by atoms with E-state index in [0.717, 1.165) is 0 Å². The first-order chi connectivity index (χ1) is 5.77. The molecule has 0 fully saturated rings. The van der Waals surface area contributed by atoms with E-state index < -0.39 is 0 Å². The Morgan fingerprint density at radius 3 is 2.50 bits per heavy atom. The highest BCUT2D eigenvalue weighted by Gasteiger charge is 1.92. The van der Waals surface area contributed by atoms with E-state index in [4.69, 9.17) is 0 Å². The summed E-state index contributed by atoms with van der Waals surface area (Å²) in [4.78, 5) is 0. The minimum absolute atomic E-state index is 0.648. The van der Waals surface area contributed by atoms with Gasteiger partial charge in [-0.25, -0.2) is 0 Å². The predicted octanol–water partition coefficient (Wildman–Crippen LogP) is 2.91. The number of unbranched alkanes of at least 4 members (excludes halogenated alkanes) is 2. The predicted molar refractivity (Wildman–Crippen MR) is 60.0 cm³/mol. The van der Waals surface area contributed by atoms with Crippen LogP contribution in [-0.4, -0.2) is 24.1 Å². The fourth-order valence-corrected chi connectivity index (χ4v) is 1.74. The zero-order chi connectivity index (χ0) is 9.23. The van der Waals surface area contributed by atoms with E-state index in [1.807, 2.05) is 0 Å². The lowest BCUT2D eigenvalue weighted by Gasteiger charge is -2.06. The molecule has 0 aliphatic carbocycles. The molecule has 0 atom stereocenters. The van der Waals surface area contributed by atoms with Gasteiger partial charge in [-0.05, 0) is 30.9 Å². The minimum atomic E-state index is 0.648. The van der Waals surface area contributed by atoms with Crippen LogP contribution >= 0.6 is 11.8 Å². The summed E-state index contributed by atoms with van der Waals surface area (Å²) in [5.74, 6) is 2.61. The number of thioether (sulfide) groups is 1. The first-order valence-corrected chi connectivity index (χ1v) is 6.24. The molecule has 74 valence electrons. The molecular formula is C10H23NS. The van der Waals surface area contributed by atoms with Crippen molar-refractivity contribution >= 4 is 11.8 Å². The second kappa shape index (κ2) is 9.40. The first-order valence-electron chi connectivity index (χ1n) is 5.08. The maximum atomic E-state index is 3.43. The molecule has 0 spiro atoms. The summed E-state index contributed by atoms with van der Waals surface area (Å²) >= 11 is 2.05. The lowest BCUT2D eigenvalue weighted by Crippen LogP contribution is -2.23. The molecule has 0 aromatic rings. The third-order valence-corrected chi connectivity index (χ3v) is 2.71. The van der Waals surface area contributed by atoms with Gasteiger partial charge in [-0.2, -0.15) is 11.8 Å². The summed E-state index contributed by atoms with van der Waals surface area (Å²) < 4.78 is 0. The van der Waals surface area contributed by atoms with Gasteiger partial charge in [-0.1, -0.05) is 27.2 Å². The van der Waals surface area contributed by atoms with Crippen LogP contribution in [-0.2, 0) is 0 Å². The standard InChI is InChI=1S/C10H23NS/c1-4-12-9-7-5-6-8-11-10(2)3/h10-11H,4-9H2,1-3H3. The molecular weight excluding hydrogens is 166 g/mol. The lowest BCUT2D eigenvalue weighted by atomic mass is 10.2. The fraction of sp³-hybridized carbons (Fsp3) is 1.00. The largest absolute Gasteiger partial charge is 0.315 e. The highest BCUT2D eigenvalue weighted by molar-refractivity contribution is 7.99. The van der Waals surface area contributed by atoms with E-state index in [2.05, 4.69) is 37.8 Å². The Bertz CT molecular complexity index is 83.9. The van der Waals surface area contributed by atoms with Crippen molar-refractivity contribution in [3.8, 4) is 0 Å². The van der Waals surface area contributed by atoms with E-state index >= 15 is 0 Å². The molecule has 0 saturated carbocycles. The molecule has 0 aliphatic heterocycles. The van der Waals surface area contributed by atoms with Gasteiger partial charge in [0.2, 0.25) is 0 Å². The Morgan fingerprint density at radius 2 is 1.92 bits per heavy atom. The fourth-order valence-electron chi connectivity index (χ4n) is 1.04. The molecule has 0 bridgehead atoms. The molecule has 0 amide bonds. The van der Waals surface area contributed by atoms with E-state index in [1.54, 1.807) is 0 Å². The zero-order valence-corrected chi connectivity index (χ0v) is 9.54. The van der Waals surface area contributed by atoms with Crippen LogP contribution in [0.5, 0.6) is 0 Å². The van der Waals surface area contributed by atoms with E-state index in [9.17, 15) is 0 Å². The summed E-state index contributed by atoms with van der Waals surface area (Å²) in [6, 6.07) is 0.648. The topological polar surface area (TPSA) is 12.0 Å². The van der Waals surface area contributed by atoms with Crippen molar-refractivity contribution in [3.05, 3.63) is 0 Å². The third-order valence-electron chi connectivity index (χ3n) is 1.72. The summed E-state index contributed by atoms with van der Waals surface area (Å²) in [5.41, 5.74) is 0. The Labute approximate surface area is 81.7 Å². The smallest absolute Gasteiger partial charge is 0.00103 e. The SMILES string of the molecule is CCSCCCCCNC(C)C. The number of hydrogen-bond donors (Lipinski definition) is 1. The molecule has 0 aromatic heterocycles. The normalized spacial score (nSPS) is 11.0. The van der Waals surface area contributed by atoms with Gasteiger partial charge in [-0.3, -0.25) is 0 Å². The van der Waals surface area contributed by atoms with Gasteiger partial charge in [-0.15, -0.1) is 0 Å². The third kappa shape index (κ3) is 10.3. The molecule has 1 N–H and O–H groups in total. The summed E-state index contributed by atoms with van der Waals surface area (Å²) in [6.07, 6.45) is 4.10. The molecule has 1 nitrogen and oxygen atoms in total. The van der Waals surface area contributed by atoms with E-state index in [-0.39, 0.29) is 0 Å². The second-order valence-electron chi connectivity index (χ2n) is 3.37. The highest BCUT2D eigenvalue weighted by atomic mass is 32.2. The number of nitrogens with one attached hydrogen (secondary N) is 1. The molecule has 12 heavy (non-hydrogen) atoms. The van der Waals surface area contributed by atoms with Crippen LogP contribution in [0.15, 0.2) is 0 Å². The van der Waals surface area contributed by atoms with Gasteiger partial charge in [0.1, 0.15) is 0 Å². The second-order valence-corrected chi connectivity index (χ2v) is 4.76. The van der Waals surface area contributed by atoms with Crippen molar-refractivity contribution < 1.29 is 0 Å². The van der Waals surface area contributed by atoms with Crippen LogP contribution in [0.3, 0.4) is 0 Å². The van der Waals surface area contributed by atoms with Crippen molar-refractivity contribution in [1.29, 1.82) is 0 Å². The van der Waals surface area contributed by atoms with Crippen molar-refractivity contribution in [1.82, 2.24) is 5.32 Å².